The number of rotatable bonds is 4. The van der Waals surface area contributed by atoms with E-state index >= 15 is 0 Å². The van der Waals surface area contributed by atoms with Crippen molar-refractivity contribution in [2.75, 3.05) is 19.8 Å². The van der Waals surface area contributed by atoms with Crippen LogP contribution in [0.15, 0.2) is 14.1 Å². The van der Waals surface area contributed by atoms with Crippen molar-refractivity contribution in [1.29, 1.82) is 0 Å². The molecule has 0 atom stereocenters. The first-order valence-corrected chi connectivity index (χ1v) is 8.98. The minimum atomic E-state index is -3.45. The Balaban J connectivity index is 1.98. The Bertz CT molecular complexity index is 492. The summed E-state index contributed by atoms with van der Waals surface area (Å²) in [6, 6.07) is 1.46. The fraction of sp³-hybridized carbons (Fsp3) is 0.600. The molecule has 0 amide bonds. The largest absolute Gasteiger partial charge is 0.381 e. The van der Waals surface area contributed by atoms with Crippen molar-refractivity contribution in [2.24, 2.45) is 5.92 Å². The molecule has 1 N–H and O–H groups in total. The first-order chi connectivity index (χ1) is 8.49. The van der Waals surface area contributed by atoms with Gasteiger partial charge < -0.3 is 4.74 Å². The van der Waals surface area contributed by atoms with Gasteiger partial charge in [0, 0.05) is 19.8 Å². The van der Waals surface area contributed by atoms with Gasteiger partial charge in [-0.2, -0.15) is 0 Å². The lowest BCUT2D eigenvalue weighted by Gasteiger charge is -2.21. The summed E-state index contributed by atoms with van der Waals surface area (Å²) >= 11 is 10.2. The average Bonchev–Trinajstić information content (AvgIpc) is 2.70. The second-order valence-corrected chi connectivity index (χ2v) is 8.87. The highest BCUT2D eigenvalue weighted by molar-refractivity contribution is 9.11. The second kappa shape index (κ2) is 6.19. The Morgan fingerprint density at radius 3 is 2.72 bits per heavy atom. The molecule has 0 radical (unpaired) electrons. The van der Waals surface area contributed by atoms with E-state index in [1.807, 2.05) is 0 Å². The third kappa shape index (κ3) is 3.68. The molecule has 0 aromatic carbocycles. The fourth-order valence-corrected chi connectivity index (χ4v) is 5.27. The van der Waals surface area contributed by atoms with Crippen molar-refractivity contribution in [1.82, 2.24) is 4.72 Å². The first kappa shape index (κ1) is 14.7. The maximum Gasteiger partial charge on any atom is 0.250 e. The number of hydrogen-bond donors (Lipinski definition) is 1. The lowest BCUT2D eigenvalue weighted by Crippen LogP contribution is -2.31. The lowest BCUT2D eigenvalue weighted by atomic mass is 10.0. The molecule has 0 saturated carbocycles. The summed E-state index contributed by atoms with van der Waals surface area (Å²) in [5.41, 5.74) is 0. The zero-order valence-electron chi connectivity index (χ0n) is 9.49. The highest BCUT2D eigenvalue weighted by Crippen LogP contribution is 2.34. The monoisotopic (exact) mass is 373 g/mol. The molecule has 1 fully saturated rings. The van der Waals surface area contributed by atoms with Gasteiger partial charge in [-0.1, -0.05) is 11.6 Å². The van der Waals surface area contributed by atoms with Crippen molar-refractivity contribution >= 4 is 48.9 Å². The fourth-order valence-electron chi connectivity index (χ4n) is 1.71. The van der Waals surface area contributed by atoms with Crippen LogP contribution >= 0.6 is 38.9 Å². The Morgan fingerprint density at radius 1 is 1.50 bits per heavy atom. The van der Waals surface area contributed by atoms with Gasteiger partial charge in [-0.15, -0.1) is 11.3 Å². The molecule has 1 aliphatic heterocycles. The topological polar surface area (TPSA) is 55.4 Å². The maximum absolute atomic E-state index is 12.0. The van der Waals surface area contributed by atoms with Gasteiger partial charge in [-0.25, -0.2) is 13.1 Å². The summed E-state index contributed by atoms with van der Waals surface area (Å²) in [7, 11) is -3.45. The lowest BCUT2D eigenvalue weighted by molar-refractivity contribution is 0.0678. The predicted molar refractivity (Wildman–Crippen MR) is 75.8 cm³/mol. The molecule has 1 saturated heterocycles. The van der Waals surface area contributed by atoms with Gasteiger partial charge in [0.15, 0.2) is 0 Å². The minimum Gasteiger partial charge on any atom is -0.381 e. The van der Waals surface area contributed by atoms with E-state index in [0.29, 0.717) is 34.5 Å². The molecule has 1 aromatic heterocycles. The number of halogens is 2. The summed E-state index contributed by atoms with van der Waals surface area (Å²) in [6.07, 6.45) is 1.80. The third-order valence-electron chi connectivity index (χ3n) is 2.79. The van der Waals surface area contributed by atoms with E-state index < -0.39 is 10.0 Å². The molecule has 2 heterocycles. The Hall–Kier alpha value is 0.340. The van der Waals surface area contributed by atoms with Crippen LogP contribution in [0.4, 0.5) is 0 Å². The van der Waals surface area contributed by atoms with Crippen LogP contribution in [-0.4, -0.2) is 28.2 Å². The normalized spacial score (nSPS) is 18.1. The number of nitrogens with one attached hydrogen (secondary N) is 1. The molecule has 1 aliphatic rings. The molecular formula is C10H13BrClNO3S2. The van der Waals surface area contributed by atoms with Crippen LogP contribution in [0.25, 0.3) is 0 Å². The van der Waals surface area contributed by atoms with Crippen molar-refractivity contribution in [3.8, 4) is 0 Å². The number of hydrogen-bond acceptors (Lipinski definition) is 4. The van der Waals surface area contributed by atoms with Crippen LogP contribution in [0, 0.1) is 5.92 Å². The van der Waals surface area contributed by atoms with Gasteiger partial charge in [-0.05, 0) is 40.8 Å². The zero-order valence-corrected chi connectivity index (χ0v) is 13.5. The van der Waals surface area contributed by atoms with Crippen LogP contribution in [0.1, 0.15) is 12.8 Å². The van der Waals surface area contributed by atoms with E-state index in [2.05, 4.69) is 20.7 Å². The average molecular weight is 375 g/mol. The molecule has 0 aliphatic carbocycles. The highest BCUT2D eigenvalue weighted by atomic mass is 79.9. The van der Waals surface area contributed by atoms with Gasteiger partial charge in [0.1, 0.15) is 4.21 Å². The van der Waals surface area contributed by atoms with Gasteiger partial charge in [0.2, 0.25) is 10.0 Å². The van der Waals surface area contributed by atoms with E-state index in [4.69, 9.17) is 16.3 Å². The summed E-state index contributed by atoms with van der Waals surface area (Å²) in [5, 5.41) is 0.423. The van der Waals surface area contributed by atoms with Crippen LogP contribution < -0.4 is 4.72 Å². The highest BCUT2D eigenvalue weighted by Gasteiger charge is 2.21. The Labute approximate surface area is 124 Å². The van der Waals surface area contributed by atoms with E-state index in [1.165, 1.54) is 6.07 Å². The van der Waals surface area contributed by atoms with Gasteiger partial charge in [-0.3, -0.25) is 0 Å². The number of ether oxygens (including phenoxy) is 1. The van der Waals surface area contributed by atoms with Gasteiger partial charge >= 0.3 is 0 Å². The molecule has 102 valence electrons. The minimum absolute atomic E-state index is 0.242. The van der Waals surface area contributed by atoms with Crippen LogP contribution in [0.2, 0.25) is 5.02 Å². The summed E-state index contributed by atoms with van der Waals surface area (Å²) in [6.45, 7) is 1.88. The molecule has 2 rings (SSSR count). The maximum atomic E-state index is 12.0. The first-order valence-electron chi connectivity index (χ1n) is 5.51. The molecule has 0 bridgehead atoms. The van der Waals surface area contributed by atoms with Gasteiger partial charge in [0.25, 0.3) is 0 Å². The van der Waals surface area contributed by atoms with Gasteiger partial charge in [0.05, 0.1) is 8.81 Å². The SMILES string of the molecule is O=S(=O)(NCC1CCOCC1)c1cc(Cl)c(Br)s1. The molecule has 0 unspecified atom stereocenters. The Morgan fingerprint density at radius 2 is 2.17 bits per heavy atom. The summed E-state index contributed by atoms with van der Waals surface area (Å²) in [5.74, 6) is 0.354. The predicted octanol–water partition coefficient (Wildman–Crippen LogP) is 2.87. The number of thiophene rings is 1. The van der Waals surface area contributed by atoms with E-state index in [1.54, 1.807) is 0 Å². The molecule has 4 nitrogen and oxygen atoms in total. The van der Waals surface area contributed by atoms with Crippen LogP contribution in [0.3, 0.4) is 0 Å². The van der Waals surface area contributed by atoms with E-state index in [9.17, 15) is 8.42 Å². The smallest absolute Gasteiger partial charge is 0.250 e. The molecule has 0 spiro atoms. The quantitative estimate of drug-likeness (QED) is 0.881. The van der Waals surface area contributed by atoms with Crippen molar-refractivity contribution in [2.45, 2.75) is 17.1 Å². The molecular weight excluding hydrogens is 362 g/mol. The Kier molecular flexibility index (Phi) is 5.07. The van der Waals surface area contributed by atoms with E-state index in [-0.39, 0.29) is 4.21 Å². The zero-order chi connectivity index (χ0) is 13.2. The second-order valence-electron chi connectivity index (χ2n) is 4.09. The third-order valence-corrected chi connectivity index (χ3v) is 7.16. The molecule has 18 heavy (non-hydrogen) atoms. The van der Waals surface area contributed by atoms with Crippen LogP contribution in [-0.2, 0) is 14.8 Å². The van der Waals surface area contributed by atoms with Crippen molar-refractivity contribution in [3.05, 3.63) is 14.9 Å². The van der Waals surface area contributed by atoms with Crippen molar-refractivity contribution < 1.29 is 13.2 Å². The summed E-state index contributed by atoms with van der Waals surface area (Å²) < 4.78 is 32.8. The van der Waals surface area contributed by atoms with Crippen molar-refractivity contribution in [3.63, 3.8) is 0 Å². The molecule has 8 heteroatoms. The summed E-state index contributed by atoms with van der Waals surface area (Å²) in [4.78, 5) is 0. The molecule has 1 aromatic rings. The van der Waals surface area contributed by atoms with E-state index in [0.717, 1.165) is 24.2 Å². The number of sulfonamides is 1. The standard InChI is InChI=1S/C10H13BrClNO3S2/c11-10-8(12)5-9(17-10)18(14,15)13-6-7-1-3-16-4-2-7/h5,7,13H,1-4,6H2. The van der Waals surface area contributed by atoms with Crippen LogP contribution in [0.5, 0.6) is 0 Å².